The predicted octanol–water partition coefficient (Wildman–Crippen LogP) is 1.42. The summed E-state index contributed by atoms with van der Waals surface area (Å²) in [5.41, 5.74) is 0.319. The number of benzene rings is 2. The van der Waals surface area contributed by atoms with Gasteiger partial charge in [-0.15, -0.1) is 5.10 Å². The van der Waals surface area contributed by atoms with Crippen LogP contribution in [-0.2, 0) is 14.8 Å². The summed E-state index contributed by atoms with van der Waals surface area (Å²) in [7, 11) is -3.85. The van der Waals surface area contributed by atoms with Crippen LogP contribution in [0.15, 0.2) is 53.4 Å². The molecule has 0 spiro atoms. The zero-order valence-corrected chi connectivity index (χ0v) is 15.8. The van der Waals surface area contributed by atoms with Crippen LogP contribution in [0, 0.1) is 12.7 Å². The van der Waals surface area contributed by atoms with Gasteiger partial charge in [0.15, 0.2) is 5.82 Å². The summed E-state index contributed by atoms with van der Waals surface area (Å²) in [5.74, 6) is -0.817. The molecular formula is C17H17FN6O3S. The second kappa shape index (κ2) is 7.82. The van der Waals surface area contributed by atoms with Gasteiger partial charge in [-0.1, -0.05) is 18.2 Å². The van der Waals surface area contributed by atoms with E-state index in [1.165, 1.54) is 35.9 Å². The van der Waals surface area contributed by atoms with Crippen molar-refractivity contribution in [3.8, 4) is 5.69 Å². The molecule has 0 unspecified atom stereocenters. The molecule has 0 saturated carbocycles. The third kappa shape index (κ3) is 4.21. The molecule has 2 aromatic carbocycles. The SMILES string of the molecule is Cc1nnnn1-c1cc(NC(=O)[C@H](C)NS(=O)(=O)c2ccccc2)ccc1F. The quantitative estimate of drug-likeness (QED) is 0.641. The van der Waals surface area contributed by atoms with E-state index in [0.717, 1.165) is 6.07 Å². The Morgan fingerprint density at radius 3 is 2.54 bits per heavy atom. The van der Waals surface area contributed by atoms with Gasteiger partial charge in [-0.05, 0) is 54.6 Å². The molecule has 1 amide bonds. The minimum atomic E-state index is -3.85. The Balaban J connectivity index is 1.75. The highest BCUT2D eigenvalue weighted by Gasteiger charge is 2.22. The van der Waals surface area contributed by atoms with Crippen molar-refractivity contribution < 1.29 is 17.6 Å². The van der Waals surface area contributed by atoms with Crippen LogP contribution in [0.2, 0.25) is 0 Å². The normalized spacial score (nSPS) is 12.5. The average Bonchev–Trinajstić information content (AvgIpc) is 3.09. The first-order valence-corrected chi connectivity index (χ1v) is 9.69. The van der Waals surface area contributed by atoms with Crippen molar-refractivity contribution in [3.05, 3.63) is 60.2 Å². The molecular weight excluding hydrogens is 387 g/mol. The van der Waals surface area contributed by atoms with E-state index < -0.39 is 27.8 Å². The standard InChI is InChI=1S/C17H17FN6O3S/c1-11(21-28(26,27)14-6-4-3-5-7-14)17(25)19-13-8-9-15(18)16(10-13)24-12(2)20-22-23-24/h3-11,21H,1-2H3,(H,19,25)/t11-/m0/s1. The predicted molar refractivity (Wildman–Crippen MR) is 98.7 cm³/mol. The van der Waals surface area contributed by atoms with Crippen LogP contribution in [0.4, 0.5) is 10.1 Å². The highest BCUT2D eigenvalue weighted by Crippen LogP contribution is 2.19. The number of amides is 1. The fourth-order valence-electron chi connectivity index (χ4n) is 2.41. The van der Waals surface area contributed by atoms with E-state index in [1.807, 2.05) is 0 Å². The lowest BCUT2D eigenvalue weighted by molar-refractivity contribution is -0.117. The molecule has 28 heavy (non-hydrogen) atoms. The van der Waals surface area contributed by atoms with E-state index in [4.69, 9.17) is 0 Å². The van der Waals surface area contributed by atoms with Gasteiger partial charge < -0.3 is 5.32 Å². The first-order chi connectivity index (χ1) is 13.3. The van der Waals surface area contributed by atoms with Gasteiger partial charge >= 0.3 is 0 Å². The Morgan fingerprint density at radius 1 is 1.18 bits per heavy atom. The van der Waals surface area contributed by atoms with E-state index in [2.05, 4.69) is 25.6 Å². The molecule has 0 saturated heterocycles. The Labute approximate surface area is 160 Å². The molecule has 0 fully saturated rings. The lowest BCUT2D eigenvalue weighted by Gasteiger charge is -2.15. The van der Waals surface area contributed by atoms with Gasteiger partial charge in [0.1, 0.15) is 11.5 Å². The van der Waals surface area contributed by atoms with Crippen molar-refractivity contribution in [2.75, 3.05) is 5.32 Å². The molecule has 2 N–H and O–H groups in total. The van der Waals surface area contributed by atoms with Crippen LogP contribution in [0.3, 0.4) is 0 Å². The van der Waals surface area contributed by atoms with Crippen LogP contribution in [0.1, 0.15) is 12.7 Å². The van der Waals surface area contributed by atoms with Crippen molar-refractivity contribution in [2.24, 2.45) is 0 Å². The number of tetrazole rings is 1. The largest absolute Gasteiger partial charge is 0.325 e. The number of hydrogen-bond acceptors (Lipinski definition) is 6. The van der Waals surface area contributed by atoms with E-state index in [0.29, 0.717) is 5.82 Å². The topological polar surface area (TPSA) is 119 Å². The fourth-order valence-corrected chi connectivity index (χ4v) is 3.64. The van der Waals surface area contributed by atoms with Crippen LogP contribution < -0.4 is 10.0 Å². The maximum absolute atomic E-state index is 14.1. The molecule has 1 aromatic heterocycles. The lowest BCUT2D eigenvalue weighted by atomic mass is 10.2. The molecule has 11 heteroatoms. The Morgan fingerprint density at radius 2 is 1.89 bits per heavy atom. The molecule has 0 aliphatic carbocycles. The number of carbonyl (C=O) groups is 1. The molecule has 0 aliphatic heterocycles. The van der Waals surface area contributed by atoms with Gasteiger partial charge in [-0.25, -0.2) is 12.8 Å². The average molecular weight is 404 g/mol. The van der Waals surface area contributed by atoms with Crippen molar-refractivity contribution in [1.29, 1.82) is 0 Å². The van der Waals surface area contributed by atoms with Crippen molar-refractivity contribution in [2.45, 2.75) is 24.8 Å². The molecule has 0 bridgehead atoms. The van der Waals surface area contributed by atoms with Gasteiger partial charge in [-0.3, -0.25) is 4.79 Å². The number of rotatable bonds is 6. The molecule has 0 aliphatic rings. The smallest absolute Gasteiger partial charge is 0.242 e. The summed E-state index contributed by atoms with van der Waals surface area (Å²) in [5, 5.41) is 13.4. The van der Waals surface area contributed by atoms with Gasteiger partial charge in [0.25, 0.3) is 0 Å². The molecule has 0 radical (unpaired) electrons. The number of aromatic nitrogens is 4. The number of nitrogens with one attached hydrogen (secondary N) is 2. The fraction of sp³-hybridized carbons (Fsp3) is 0.176. The van der Waals surface area contributed by atoms with Crippen molar-refractivity contribution in [1.82, 2.24) is 24.9 Å². The molecule has 1 atom stereocenters. The van der Waals surface area contributed by atoms with Gasteiger partial charge in [0, 0.05) is 5.69 Å². The maximum atomic E-state index is 14.1. The van der Waals surface area contributed by atoms with E-state index >= 15 is 0 Å². The third-order valence-electron chi connectivity index (χ3n) is 3.85. The number of carbonyl (C=O) groups excluding carboxylic acids is 1. The summed E-state index contributed by atoms with van der Waals surface area (Å²) in [6.07, 6.45) is 0. The van der Waals surface area contributed by atoms with Crippen molar-refractivity contribution in [3.63, 3.8) is 0 Å². The molecule has 3 rings (SSSR count). The molecule has 1 heterocycles. The van der Waals surface area contributed by atoms with Gasteiger partial charge in [-0.2, -0.15) is 9.40 Å². The summed E-state index contributed by atoms with van der Waals surface area (Å²) >= 11 is 0. The van der Waals surface area contributed by atoms with Crippen molar-refractivity contribution >= 4 is 21.6 Å². The first kappa shape index (κ1) is 19.6. The molecule has 3 aromatic rings. The highest BCUT2D eigenvalue weighted by molar-refractivity contribution is 7.89. The summed E-state index contributed by atoms with van der Waals surface area (Å²) in [6, 6.07) is 10.5. The number of nitrogens with zero attached hydrogens (tertiary/aromatic N) is 4. The van der Waals surface area contributed by atoms with Crippen LogP contribution in [0.5, 0.6) is 0 Å². The van der Waals surface area contributed by atoms with E-state index in [9.17, 15) is 17.6 Å². The summed E-state index contributed by atoms with van der Waals surface area (Å²) < 4.78 is 42.2. The second-order valence-corrected chi connectivity index (χ2v) is 7.66. The zero-order valence-electron chi connectivity index (χ0n) is 15.0. The third-order valence-corrected chi connectivity index (χ3v) is 5.40. The second-order valence-electron chi connectivity index (χ2n) is 5.95. The monoisotopic (exact) mass is 404 g/mol. The van der Waals surface area contributed by atoms with Gasteiger partial charge in [0.2, 0.25) is 15.9 Å². The maximum Gasteiger partial charge on any atom is 0.242 e. The number of hydrogen-bond donors (Lipinski definition) is 2. The Hall–Kier alpha value is -3.18. The minimum Gasteiger partial charge on any atom is -0.325 e. The zero-order chi connectivity index (χ0) is 20.3. The number of anilines is 1. The molecule has 146 valence electrons. The van der Waals surface area contributed by atoms with Gasteiger partial charge in [0.05, 0.1) is 10.9 Å². The van der Waals surface area contributed by atoms with Crippen LogP contribution in [0.25, 0.3) is 5.69 Å². The summed E-state index contributed by atoms with van der Waals surface area (Å²) in [6.45, 7) is 3.01. The van der Waals surface area contributed by atoms with E-state index in [-0.39, 0.29) is 16.3 Å². The number of aryl methyl sites for hydroxylation is 1. The molecule has 9 nitrogen and oxygen atoms in total. The summed E-state index contributed by atoms with van der Waals surface area (Å²) in [4.78, 5) is 12.4. The number of sulfonamides is 1. The first-order valence-electron chi connectivity index (χ1n) is 8.21. The lowest BCUT2D eigenvalue weighted by Crippen LogP contribution is -2.41. The Bertz CT molecular complexity index is 1100. The Kier molecular flexibility index (Phi) is 5.47. The van der Waals surface area contributed by atoms with E-state index in [1.54, 1.807) is 25.1 Å². The minimum absolute atomic E-state index is 0.0490. The van der Waals surface area contributed by atoms with Crippen LogP contribution in [-0.4, -0.2) is 40.6 Å². The van der Waals surface area contributed by atoms with Crippen LogP contribution >= 0.6 is 0 Å². The number of halogens is 1. The highest BCUT2D eigenvalue weighted by atomic mass is 32.2.